The zero-order valence-corrected chi connectivity index (χ0v) is 13.1. The highest BCUT2D eigenvalue weighted by molar-refractivity contribution is 6.96. The first-order valence-corrected chi connectivity index (χ1v) is 10.4. The average molecular weight is 278 g/mol. The van der Waals surface area contributed by atoms with Gasteiger partial charge in [-0.05, 0) is 16.3 Å². The van der Waals surface area contributed by atoms with Crippen molar-refractivity contribution in [2.45, 2.75) is 19.6 Å². The second kappa shape index (κ2) is 4.56. The fourth-order valence-electron chi connectivity index (χ4n) is 2.94. The second-order valence-corrected chi connectivity index (χ2v) is 11.2. The highest BCUT2D eigenvalue weighted by atomic mass is 28.3. The number of hydrogen-bond acceptors (Lipinski definition) is 1. The molecule has 0 fully saturated rings. The van der Waals surface area contributed by atoms with E-state index in [1.54, 1.807) is 0 Å². The van der Waals surface area contributed by atoms with Crippen molar-refractivity contribution in [3.63, 3.8) is 0 Å². The van der Waals surface area contributed by atoms with Crippen molar-refractivity contribution >= 4 is 24.6 Å². The number of allylic oxidation sites excluding steroid dienone is 1. The average Bonchev–Trinajstić information content (AvgIpc) is 2.73. The van der Waals surface area contributed by atoms with Crippen LogP contribution in [0, 0.1) is 0 Å². The van der Waals surface area contributed by atoms with Crippen LogP contribution in [0.25, 0.3) is 10.8 Å². The molecular weight excluding hydrogens is 260 g/mol. The lowest BCUT2D eigenvalue weighted by Crippen LogP contribution is -2.23. The summed E-state index contributed by atoms with van der Waals surface area (Å²) >= 11 is 0. The molecule has 0 aliphatic heterocycles. The second-order valence-electron chi connectivity index (χ2n) is 6.24. The molecule has 2 aromatic carbocycles. The molecule has 100 valence electrons. The quantitative estimate of drug-likeness (QED) is 0.729. The molecule has 0 radical (unpaired) electrons. The zero-order chi connectivity index (χ0) is 14.3. The maximum atomic E-state index is 12.8. The van der Waals surface area contributed by atoms with Gasteiger partial charge in [-0.2, -0.15) is 0 Å². The number of fused-ring (bicyclic) bond motifs is 1. The molecule has 2 aromatic rings. The van der Waals surface area contributed by atoms with Gasteiger partial charge in [0.15, 0.2) is 5.78 Å². The Kier molecular flexibility index (Phi) is 2.98. The number of ketones is 1. The maximum Gasteiger partial charge on any atom is 0.194 e. The van der Waals surface area contributed by atoms with Crippen molar-refractivity contribution in [1.82, 2.24) is 0 Å². The van der Waals surface area contributed by atoms with Crippen molar-refractivity contribution in [3.8, 4) is 0 Å². The Morgan fingerprint density at radius 1 is 0.750 bits per heavy atom. The number of carbonyl (C=O) groups is 1. The Morgan fingerprint density at radius 2 is 1.30 bits per heavy atom. The minimum absolute atomic E-state index is 0.184. The van der Waals surface area contributed by atoms with E-state index in [1.807, 2.05) is 48.5 Å². The monoisotopic (exact) mass is 278 g/mol. The molecule has 2 heteroatoms. The van der Waals surface area contributed by atoms with Crippen LogP contribution in [-0.2, 0) is 0 Å². The highest BCUT2D eigenvalue weighted by Crippen LogP contribution is 2.42. The van der Waals surface area contributed by atoms with Crippen molar-refractivity contribution in [1.29, 1.82) is 0 Å². The van der Waals surface area contributed by atoms with Gasteiger partial charge in [0, 0.05) is 11.1 Å². The predicted molar refractivity (Wildman–Crippen MR) is 87.4 cm³/mol. The fraction of sp³-hybridized carbons (Fsp3) is 0.167. The molecule has 0 saturated carbocycles. The van der Waals surface area contributed by atoms with Crippen LogP contribution < -0.4 is 0 Å². The van der Waals surface area contributed by atoms with Crippen molar-refractivity contribution in [3.05, 3.63) is 71.3 Å². The predicted octanol–water partition coefficient (Wildman–Crippen LogP) is 4.67. The van der Waals surface area contributed by atoms with Crippen LogP contribution >= 0.6 is 0 Å². The topological polar surface area (TPSA) is 17.1 Å². The molecule has 1 aliphatic rings. The molecule has 1 nitrogen and oxygen atoms in total. The minimum Gasteiger partial charge on any atom is -0.289 e. The van der Waals surface area contributed by atoms with E-state index in [4.69, 9.17) is 0 Å². The Labute approximate surface area is 121 Å². The molecule has 0 aromatic heterocycles. The number of benzene rings is 2. The van der Waals surface area contributed by atoms with Gasteiger partial charge in [0.2, 0.25) is 0 Å². The minimum atomic E-state index is -1.60. The smallest absolute Gasteiger partial charge is 0.194 e. The van der Waals surface area contributed by atoms with Crippen LogP contribution in [0.4, 0.5) is 0 Å². The van der Waals surface area contributed by atoms with Gasteiger partial charge >= 0.3 is 0 Å². The first kappa shape index (κ1) is 13.1. The van der Waals surface area contributed by atoms with Crippen LogP contribution in [-0.4, -0.2) is 13.9 Å². The van der Waals surface area contributed by atoms with Gasteiger partial charge in [-0.3, -0.25) is 4.79 Å². The lowest BCUT2D eigenvalue weighted by molar-refractivity contribution is 0.105. The van der Waals surface area contributed by atoms with Crippen LogP contribution in [0.1, 0.15) is 21.5 Å². The summed E-state index contributed by atoms with van der Waals surface area (Å²) in [6.45, 7) is 6.92. The van der Waals surface area contributed by atoms with E-state index in [1.165, 1.54) is 5.20 Å². The molecule has 0 bridgehead atoms. The highest BCUT2D eigenvalue weighted by Gasteiger charge is 2.36. The van der Waals surface area contributed by atoms with Crippen molar-refractivity contribution in [2.75, 3.05) is 0 Å². The summed E-state index contributed by atoms with van der Waals surface area (Å²) in [4.78, 5) is 12.8. The molecule has 0 unspecified atom stereocenters. The molecule has 0 heterocycles. The summed E-state index contributed by atoms with van der Waals surface area (Å²) in [7, 11) is -1.60. The summed E-state index contributed by atoms with van der Waals surface area (Å²) < 4.78 is 0. The third-order valence-electron chi connectivity index (χ3n) is 3.73. The molecule has 20 heavy (non-hydrogen) atoms. The van der Waals surface area contributed by atoms with Crippen molar-refractivity contribution < 1.29 is 4.79 Å². The van der Waals surface area contributed by atoms with Gasteiger partial charge < -0.3 is 0 Å². The van der Waals surface area contributed by atoms with E-state index in [2.05, 4.69) is 25.7 Å². The Hall–Kier alpha value is -1.93. The Morgan fingerprint density at radius 3 is 1.90 bits per heavy atom. The largest absolute Gasteiger partial charge is 0.289 e. The summed E-state index contributed by atoms with van der Waals surface area (Å²) in [5.74, 6) is 0.184. The third-order valence-corrected chi connectivity index (χ3v) is 5.75. The molecule has 0 saturated heterocycles. The van der Waals surface area contributed by atoms with E-state index >= 15 is 0 Å². The van der Waals surface area contributed by atoms with E-state index < -0.39 is 8.07 Å². The van der Waals surface area contributed by atoms with Gasteiger partial charge in [0.1, 0.15) is 0 Å². The summed E-state index contributed by atoms with van der Waals surface area (Å²) in [5.41, 5.74) is 3.98. The summed E-state index contributed by atoms with van der Waals surface area (Å²) in [6.07, 6.45) is 0. The van der Waals surface area contributed by atoms with E-state index in [0.717, 1.165) is 22.3 Å². The van der Waals surface area contributed by atoms with Crippen LogP contribution in [0.2, 0.25) is 19.6 Å². The SMILES string of the molecule is C[Si](C)(C)C1=C(c2ccccc2)C(=O)c2ccccc21. The summed E-state index contributed by atoms with van der Waals surface area (Å²) in [6, 6.07) is 18.1. The van der Waals surface area contributed by atoms with Gasteiger partial charge in [-0.1, -0.05) is 74.2 Å². The van der Waals surface area contributed by atoms with Gasteiger partial charge in [0.25, 0.3) is 0 Å². The summed E-state index contributed by atoms with van der Waals surface area (Å²) in [5, 5.41) is 1.30. The number of Topliss-reactive ketones (excluding diaryl/α,β-unsaturated/α-hetero) is 1. The first-order valence-electron chi connectivity index (χ1n) is 6.94. The zero-order valence-electron chi connectivity index (χ0n) is 12.1. The number of hydrogen-bond donors (Lipinski definition) is 0. The van der Waals surface area contributed by atoms with Gasteiger partial charge in [-0.25, -0.2) is 0 Å². The number of rotatable bonds is 2. The van der Waals surface area contributed by atoms with Crippen molar-refractivity contribution in [2.24, 2.45) is 0 Å². The van der Waals surface area contributed by atoms with Gasteiger partial charge in [0.05, 0.1) is 8.07 Å². The van der Waals surface area contributed by atoms with Crippen LogP contribution in [0.5, 0.6) is 0 Å². The number of carbonyl (C=O) groups excluding carboxylic acids is 1. The maximum absolute atomic E-state index is 12.8. The standard InChI is InChI=1S/C18H18OSi/c1-20(2,3)18-15-12-8-7-11-14(15)17(19)16(18)13-9-5-4-6-10-13/h4-12H,1-3H3. The molecule has 0 atom stereocenters. The molecule has 0 spiro atoms. The lowest BCUT2D eigenvalue weighted by Gasteiger charge is -2.21. The third kappa shape index (κ3) is 1.97. The van der Waals surface area contributed by atoms with E-state index in [0.29, 0.717) is 0 Å². The molecule has 0 amide bonds. The molecular formula is C18H18OSi. The van der Waals surface area contributed by atoms with Crippen LogP contribution in [0.3, 0.4) is 0 Å². The fourth-order valence-corrected chi connectivity index (χ4v) is 4.98. The first-order chi connectivity index (χ1) is 9.50. The van der Waals surface area contributed by atoms with E-state index in [9.17, 15) is 4.79 Å². The van der Waals surface area contributed by atoms with E-state index in [-0.39, 0.29) is 5.78 Å². The molecule has 0 N–H and O–H groups in total. The molecule has 1 aliphatic carbocycles. The Bertz CT molecular complexity index is 706. The molecule has 3 rings (SSSR count). The Balaban J connectivity index is 2.32. The normalized spacial score (nSPS) is 14.7. The van der Waals surface area contributed by atoms with Crippen LogP contribution in [0.15, 0.2) is 54.6 Å². The lowest BCUT2D eigenvalue weighted by atomic mass is 10.0. The van der Waals surface area contributed by atoms with Gasteiger partial charge in [-0.15, -0.1) is 0 Å².